The molecule has 1 aliphatic heterocycles. The normalized spacial score (nSPS) is 12.3. The number of benzene rings is 3. The lowest BCUT2D eigenvalue weighted by Gasteiger charge is -2.17. The smallest absolute Gasteiger partial charge is 0.263 e. The van der Waals surface area contributed by atoms with Crippen molar-refractivity contribution in [1.82, 2.24) is 0 Å². The van der Waals surface area contributed by atoms with Crippen LogP contribution in [-0.2, 0) is 0 Å². The van der Waals surface area contributed by atoms with E-state index < -0.39 is 5.91 Å². The van der Waals surface area contributed by atoms with Gasteiger partial charge in [0.2, 0.25) is 0 Å². The van der Waals surface area contributed by atoms with Crippen LogP contribution in [0, 0.1) is 6.92 Å². The van der Waals surface area contributed by atoms with Crippen LogP contribution in [0.4, 0.5) is 11.4 Å². The van der Waals surface area contributed by atoms with Gasteiger partial charge in [0.05, 0.1) is 25.5 Å². The van der Waals surface area contributed by atoms with Gasteiger partial charge < -0.3 is 24.4 Å². The third-order valence-electron chi connectivity index (χ3n) is 5.12. The molecule has 0 spiro atoms. The number of anilines is 2. The van der Waals surface area contributed by atoms with E-state index in [0.717, 1.165) is 5.56 Å². The Morgan fingerprint density at radius 3 is 2.32 bits per heavy atom. The first-order valence-corrected chi connectivity index (χ1v) is 9.66. The van der Waals surface area contributed by atoms with Crippen LogP contribution in [0.1, 0.15) is 26.3 Å². The maximum absolute atomic E-state index is 13.1. The average molecular weight is 418 g/mol. The minimum atomic E-state index is -0.413. The summed E-state index contributed by atoms with van der Waals surface area (Å²) in [7, 11) is 4.67. The molecular formula is C24H22N2O5. The van der Waals surface area contributed by atoms with Gasteiger partial charge in [0.1, 0.15) is 22.8 Å². The second kappa shape index (κ2) is 8.02. The van der Waals surface area contributed by atoms with Crippen LogP contribution < -0.4 is 24.4 Å². The topological polar surface area (TPSA) is 77.1 Å². The summed E-state index contributed by atoms with van der Waals surface area (Å²) in [5.74, 6) is 1.14. The van der Waals surface area contributed by atoms with Crippen LogP contribution in [0.25, 0.3) is 0 Å². The van der Waals surface area contributed by atoms with E-state index in [9.17, 15) is 9.59 Å². The maximum Gasteiger partial charge on any atom is 0.263 e. The van der Waals surface area contributed by atoms with E-state index in [1.54, 1.807) is 48.3 Å². The van der Waals surface area contributed by atoms with Gasteiger partial charge in [-0.05, 0) is 55.0 Å². The van der Waals surface area contributed by atoms with E-state index >= 15 is 0 Å². The number of amides is 2. The van der Waals surface area contributed by atoms with Crippen molar-refractivity contribution >= 4 is 23.2 Å². The van der Waals surface area contributed by atoms with Crippen LogP contribution in [0.3, 0.4) is 0 Å². The summed E-state index contributed by atoms with van der Waals surface area (Å²) in [6.07, 6.45) is 0. The lowest BCUT2D eigenvalue weighted by atomic mass is 10.1. The van der Waals surface area contributed by atoms with Gasteiger partial charge in [-0.15, -0.1) is 0 Å². The highest BCUT2D eigenvalue weighted by Crippen LogP contribution is 2.39. The number of carbonyl (C=O) groups excluding carboxylic acids is 2. The number of rotatable bonds is 4. The van der Waals surface area contributed by atoms with E-state index in [0.29, 0.717) is 39.9 Å². The molecule has 4 rings (SSSR count). The fourth-order valence-corrected chi connectivity index (χ4v) is 3.52. The number of nitrogens with one attached hydrogen (secondary N) is 1. The predicted octanol–water partition coefficient (Wildman–Crippen LogP) is 4.65. The Kier molecular flexibility index (Phi) is 5.25. The quantitative estimate of drug-likeness (QED) is 0.668. The molecule has 0 atom stereocenters. The molecule has 158 valence electrons. The lowest BCUT2D eigenvalue weighted by Crippen LogP contribution is -2.25. The fourth-order valence-electron chi connectivity index (χ4n) is 3.52. The molecule has 0 bridgehead atoms. The highest BCUT2D eigenvalue weighted by Gasteiger charge is 2.27. The second-order valence-electron chi connectivity index (χ2n) is 7.14. The van der Waals surface area contributed by atoms with Gasteiger partial charge in [0, 0.05) is 12.7 Å². The molecule has 0 unspecified atom stereocenters. The molecule has 31 heavy (non-hydrogen) atoms. The van der Waals surface area contributed by atoms with Crippen molar-refractivity contribution < 1.29 is 23.8 Å². The highest BCUT2D eigenvalue weighted by atomic mass is 16.5. The van der Waals surface area contributed by atoms with Crippen LogP contribution >= 0.6 is 0 Å². The fraction of sp³-hybridized carbons (Fsp3) is 0.167. The van der Waals surface area contributed by atoms with Gasteiger partial charge in [0.15, 0.2) is 5.75 Å². The molecule has 3 aromatic rings. The van der Waals surface area contributed by atoms with E-state index in [1.807, 2.05) is 25.1 Å². The first-order valence-electron chi connectivity index (χ1n) is 9.66. The Hall–Kier alpha value is -4.00. The number of aryl methyl sites for hydroxylation is 1. The summed E-state index contributed by atoms with van der Waals surface area (Å²) in [5.41, 5.74) is 2.77. The minimum Gasteiger partial charge on any atom is -0.496 e. The molecular weight excluding hydrogens is 396 g/mol. The van der Waals surface area contributed by atoms with Gasteiger partial charge in [-0.1, -0.05) is 12.1 Å². The molecule has 7 heteroatoms. The van der Waals surface area contributed by atoms with Crippen molar-refractivity contribution in [2.24, 2.45) is 0 Å². The first kappa shape index (κ1) is 20.3. The zero-order chi connectivity index (χ0) is 22.1. The van der Waals surface area contributed by atoms with Gasteiger partial charge in [0.25, 0.3) is 11.8 Å². The minimum absolute atomic E-state index is 0.231. The van der Waals surface area contributed by atoms with E-state index in [1.165, 1.54) is 14.2 Å². The molecule has 0 saturated heterocycles. The molecule has 0 saturated carbocycles. The lowest BCUT2D eigenvalue weighted by molar-refractivity contribution is 0.0989. The number of nitrogens with zero attached hydrogens (tertiary/aromatic N) is 1. The van der Waals surface area contributed by atoms with Crippen molar-refractivity contribution in [3.05, 3.63) is 71.3 Å². The monoisotopic (exact) mass is 418 g/mol. The number of fused-ring (bicyclic) bond motifs is 2. The van der Waals surface area contributed by atoms with Crippen LogP contribution in [0.2, 0.25) is 0 Å². The predicted molar refractivity (Wildman–Crippen MR) is 118 cm³/mol. The number of hydrogen-bond donors (Lipinski definition) is 1. The maximum atomic E-state index is 13.1. The Morgan fingerprint density at radius 1 is 0.968 bits per heavy atom. The number of ether oxygens (including phenoxy) is 3. The largest absolute Gasteiger partial charge is 0.496 e. The molecule has 0 fully saturated rings. The van der Waals surface area contributed by atoms with Crippen LogP contribution in [-0.4, -0.2) is 33.1 Å². The highest BCUT2D eigenvalue weighted by molar-refractivity contribution is 6.12. The van der Waals surface area contributed by atoms with Crippen LogP contribution in [0.15, 0.2) is 54.6 Å². The summed E-state index contributed by atoms with van der Waals surface area (Å²) in [6, 6.07) is 15.7. The summed E-state index contributed by atoms with van der Waals surface area (Å²) >= 11 is 0. The summed E-state index contributed by atoms with van der Waals surface area (Å²) < 4.78 is 16.6. The average Bonchev–Trinajstić information content (AvgIpc) is 2.88. The van der Waals surface area contributed by atoms with Crippen molar-refractivity contribution in [2.45, 2.75) is 6.92 Å². The molecule has 7 nitrogen and oxygen atoms in total. The molecule has 0 aromatic heterocycles. The molecule has 0 aliphatic carbocycles. The van der Waals surface area contributed by atoms with Crippen molar-refractivity contribution in [3.8, 4) is 23.0 Å². The summed E-state index contributed by atoms with van der Waals surface area (Å²) in [5, 5.41) is 2.82. The van der Waals surface area contributed by atoms with Crippen molar-refractivity contribution in [1.29, 1.82) is 0 Å². The third-order valence-corrected chi connectivity index (χ3v) is 5.12. The number of carbonyl (C=O) groups is 2. The molecule has 1 aliphatic rings. The Morgan fingerprint density at radius 2 is 1.65 bits per heavy atom. The Balaban J connectivity index is 1.68. The molecule has 3 aromatic carbocycles. The zero-order valence-electron chi connectivity index (χ0n) is 17.7. The zero-order valence-corrected chi connectivity index (χ0v) is 17.7. The Labute approximate surface area is 180 Å². The Bertz CT molecular complexity index is 1170. The molecule has 1 heterocycles. The molecule has 1 N–H and O–H groups in total. The van der Waals surface area contributed by atoms with Crippen molar-refractivity contribution in [2.75, 3.05) is 31.5 Å². The number of methoxy groups -OCH3 is 2. The summed E-state index contributed by atoms with van der Waals surface area (Å²) in [4.78, 5) is 27.6. The van der Waals surface area contributed by atoms with Gasteiger partial charge in [-0.2, -0.15) is 0 Å². The van der Waals surface area contributed by atoms with Crippen LogP contribution in [0.5, 0.6) is 23.0 Å². The van der Waals surface area contributed by atoms with Gasteiger partial charge in [-0.3, -0.25) is 9.59 Å². The first-order chi connectivity index (χ1) is 14.9. The van der Waals surface area contributed by atoms with Crippen molar-refractivity contribution in [3.63, 3.8) is 0 Å². The SMILES string of the molecule is COc1cccc(OC)c1C(=O)Nc1ccc2c(c1)C(=O)N(C)c1cc(C)ccc1O2. The summed E-state index contributed by atoms with van der Waals surface area (Å²) in [6.45, 7) is 1.95. The number of hydrogen-bond acceptors (Lipinski definition) is 5. The van der Waals surface area contributed by atoms with E-state index in [4.69, 9.17) is 14.2 Å². The van der Waals surface area contributed by atoms with E-state index in [2.05, 4.69) is 5.32 Å². The second-order valence-corrected chi connectivity index (χ2v) is 7.14. The standard InChI is InChI=1S/C24H22N2O5/c1-14-8-10-19-17(12-14)26(2)24(28)16-13-15(9-11-18(16)31-19)25-23(27)22-20(29-3)6-5-7-21(22)30-4/h5-13H,1-4H3,(H,25,27). The van der Waals surface area contributed by atoms with Gasteiger partial charge >= 0.3 is 0 Å². The molecule has 2 amide bonds. The molecule has 0 radical (unpaired) electrons. The third kappa shape index (κ3) is 3.66. The van der Waals surface area contributed by atoms with Gasteiger partial charge in [-0.25, -0.2) is 0 Å². The van der Waals surface area contributed by atoms with E-state index in [-0.39, 0.29) is 11.5 Å².